The summed E-state index contributed by atoms with van der Waals surface area (Å²) in [4.78, 5) is 3.80. The van der Waals surface area contributed by atoms with Crippen molar-refractivity contribution in [1.29, 1.82) is 0 Å². The monoisotopic (exact) mass is 199 g/mol. The lowest BCUT2D eigenvalue weighted by molar-refractivity contribution is 0.412. The van der Waals surface area contributed by atoms with Crippen LogP contribution in [0.1, 0.15) is 6.92 Å². The van der Waals surface area contributed by atoms with Gasteiger partial charge in [0.1, 0.15) is 4.95 Å². The minimum absolute atomic E-state index is 0.0231. The second-order valence-electron chi connectivity index (χ2n) is 1.16. The molecule has 0 saturated heterocycles. The second kappa shape index (κ2) is 4.15. The minimum atomic E-state index is 0.0231. The summed E-state index contributed by atoms with van der Waals surface area (Å²) in [6.07, 6.45) is 0. The Bertz CT molecular complexity index is 94.0. The Morgan fingerprint density at radius 2 is 2.38 bits per heavy atom. The molecule has 4 heteroatoms. The van der Waals surface area contributed by atoms with Gasteiger partial charge in [0.15, 0.2) is 0 Å². The molecule has 0 aromatic rings. The smallest absolute Gasteiger partial charge is 0.283 e. The van der Waals surface area contributed by atoms with Crippen LogP contribution in [-0.2, 0) is 4.74 Å². The average molecular weight is 200 g/mol. The maximum atomic E-state index is 5.36. The first-order chi connectivity index (χ1) is 3.66. The molecule has 2 nitrogen and oxygen atoms in total. The zero-order valence-electron chi connectivity index (χ0n) is 4.69. The number of hydrogen-bond donors (Lipinski definition) is 0. The third-order valence-corrected chi connectivity index (χ3v) is 0.904. The van der Waals surface area contributed by atoms with E-state index in [4.69, 9.17) is 11.6 Å². The molecule has 48 valence electrons. The van der Waals surface area contributed by atoms with Gasteiger partial charge in [-0.25, -0.2) is 4.99 Å². The molecule has 0 saturated carbocycles. The molecule has 0 aliphatic heterocycles. The second-order valence-corrected chi connectivity index (χ2v) is 2.81. The fourth-order valence-electron chi connectivity index (χ4n) is 0.193. The number of halogens is 2. The van der Waals surface area contributed by atoms with Crippen LogP contribution in [0.2, 0.25) is 0 Å². The molecule has 0 rings (SSSR count). The number of hydrogen-bond acceptors (Lipinski definition) is 2. The molecule has 8 heavy (non-hydrogen) atoms. The molecule has 0 aliphatic carbocycles. The van der Waals surface area contributed by atoms with Gasteiger partial charge >= 0.3 is 0 Å². The van der Waals surface area contributed by atoms with E-state index >= 15 is 0 Å². The number of aliphatic imine (C=N–C) groups is 1. The van der Waals surface area contributed by atoms with E-state index in [2.05, 4.69) is 25.7 Å². The molecular formula is C4H7BrClNO. The average Bonchev–Trinajstić information content (AvgIpc) is 1.65. The highest BCUT2D eigenvalue weighted by molar-refractivity contribution is 9.09. The van der Waals surface area contributed by atoms with E-state index in [-0.39, 0.29) is 10.3 Å². The predicted molar refractivity (Wildman–Crippen MR) is 38.7 cm³/mol. The lowest BCUT2D eigenvalue weighted by Crippen LogP contribution is -1.93. The van der Waals surface area contributed by atoms with Gasteiger partial charge in [-0.2, -0.15) is 0 Å². The van der Waals surface area contributed by atoms with Crippen molar-refractivity contribution in [2.24, 2.45) is 4.99 Å². The summed E-state index contributed by atoms with van der Waals surface area (Å²) in [5.41, 5.74) is 0. The zero-order chi connectivity index (χ0) is 6.57. The van der Waals surface area contributed by atoms with Crippen LogP contribution >= 0.6 is 27.5 Å². The first-order valence-electron chi connectivity index (χ1n) is 2.08. The highest BCUT2D eigenvalue weighted by atomic mass is 79.9. The zero-order valence-corrected chi connectivity index (χ0v) is 7.03. The van der Waals surface area contributed by atoms with Crippen LogP contribution < -0.4 is 0 Å². The van der Waals surface area contributed by atoms with E-state index in [1.165, 1.54) is 7.11 Å². The highest BCUT2D eigenvalue weighted by Gasteiger charge is 1.92. The van der Waals surface area contributed by atoms with E-state index in [0.29, 0.717) is 0 Å². The third-order valence-electron chi connectivity index (χ3n) is 0.448. The molecule has 0 radical (unpaired) electrons. The van der Waals surface area contributed by atoms with Crippen LogP contribution in [0.3, 0.4) is 0 Å². The predicted octanol–water partition coefficient (Wildman–Crippen LogP) is 1.97. The summed E-state index contributed by atoms with van der Waals surface area (Å²) in [5, 5.41) is 0.175. The van der Waals surface area contributed by atoms with Gasteiger partial charge in [0.25, 0.3) is 5.36 Å². The number of alkyl halides is 1. The summed E-state index contributed by atoms with van der Waals surface area (Å²) in [5.74, 6) is 0. The van der Waals surface area contributed by atoms with E-state index < -0.39 is 0 Å². The fraction of sp³-hybridized carbons (Fsp3) is 0.750. The van der Waals surface area contributed by atoms with Crippen LogP contribution in [0.4, 0.5) is 0 Å². The Kier molecular flexibility index (Phi) is 4.28. The standard InChI is InChI=1S/C4H7BrClNO/c1-3(5)7-4(6)8-2/h3H,1-2H3/b7-4-. The van der Waals surface area contributed by atoms with Gasteiger partial charge in [-0.05, 0) is 18.5 Å². The number of methoxy groups -OCH3 is 1. The van der Waals surface area contributed by atoms with Crippen LogP contribution in [0, 0.1) is 0 Å². The summed E-state index contributed by atoms with van der Waals surface area (Å²) in [6.45, 7) is 1.85. The van der Waals surface area contributed by atoms with Crippen molar-refractivity contribution in [2.75, 3.05) is 7.11 Å². The largest absolute Gasteiger partial charge is 0.473 e. The normalized spacial score (nSPS) is 15.8. The molecular weight excluding hydrogens is 193 g/mol. The first-order valence-corrected chi connectivity index (χ1v) is 3.37. The Balaban J connectivity index is 3.56. The van der Waals surface area contributed by atoms with Crippen LogP contribution in [0.5, 0.6) is 0 Å². The van der Waals surface area contributed by atoms with Crippen molar-refractivity contribution >= 4 is 32.9 Å². The highest BCUT2D eigenvalue weighted by Crippen LogP contribution is 2.00. The quantitative estimate of drug-likeness (QED) is 0.274. The maximum absolute atomic E-state index is 5.36. The van der Waals surface area contributed by atoms with E-state index in [0.717, 1.165) is 0 Å². The lowest BCUT2D eigenvalue weighted by Gasteiger charge is -1.95. The van der Waals surface area contributed by atoms with Crippen molar-refractivity contribution in [1.82, 2.24) is 0 Å². The molecule has 0 fully saturated rings. The minimum Gasteiger partial charge on any atom is -0.473 e. The molecule has 0 N–H and O–H groups in total. The molecule has 0 bridgehead atoms. The Morgan fingerprint density at radius 3 is 2.50 bits per heavy atom. The summed E-state index contributed by atoms with van der Waals surface area (Å²) in [7, 11) is 1.47. The molecule has 0 heterocycles. The van der Waals surface area contributed by atoms with Gasteiger partial charge in [-0.1, -0.05) is 15.9 Å². The summed E-state index contributed by atoms with van der Waals surface area (Å²) >= 11 is 8.52. The summed E-state index contributed by atoms with van der Waals surface area (Å²) in [6, 6.07) is 0. The van der Waals surface area contributed by atoms with Crippen molar-refractivity contribution < 1.29 is 4.74 Å². The van der Waals surface area contributed by atoms with Gasteiger partial charge < -0.3 is 4.74 Å². The van der Waals surface area contributed by atoms with Crippen LogP contribution in [-0.4, -0.2) is 17.4 Å². The first kappa shape index (κ1) is 8.24. The summed E-state index contributed by atoms with van der Waals surface area (Å²) < 4.78 is 4.55. The SMILES string of the molecule is CO/C(Cl)=N\C(C)Br. The van der Waals surface area contributed by atoms with Gasteiger partial charge in [0.05, 0.1) is 7.11 Å². The molecule has 0 aromatic carbocycles. The van der Waals surface area contributed by atoms with Crippen molar-refractivity contribution in [3.63, 3.8) is 0 Å². The van der Waals surface area contributed by atoms with E-state index in [1.54, 1.807) is 0 Å². The fourth-order valence-corrected chi connectivity index (χ4v) is 0.643. The Hall–Kier alpha value is 0.240. The number of ether oxygens (including phenoxy) is 1. The third kappa shape index (κ3) is 4.40. The van der Waals surface area contributed by atoms with Gasteiger partial charge in [-0.3, -0.25) is 0 Å². The topological polar surface area (TPSA) is 21.6 Å². The van der Waals surface area contributed by atoms with Crippen molar-refractivity contribution in [3.05, 3.63) is 0 Å². The van der Waals surface area contributed by atoms with E-state index in [9.17, 15) is 0 Å². The Labute approximate surface area is 62.0 Å². The molecule has 0 amide bonds. The molecule has 0 aliphatic rings. The Morgan fingerprint density at radius 1 is 1.88 bits per heavy atom. The maximum Gasteiger partial charge on any atom is 0.283 e. The van der Waals surface area contributed by atoms with Crippen LogP contribution in [0.15, 0.2) is 4.99 Å². The van der Waals surface area contributed by atoms with Gasteiger partial charge in [-0.15, -0.1) is 0 Å². The van der Waals surface area contributed by atoms with Crippen molar-refractivity contribution in [2.45, 2.75) is 11.9 Å². The molecule has 1 atom stereocenters. The van der Waals surface area contributed by atoms with Crippen LogP contribution in [0.25, 0.3) is 0 Å². The number of rotatable bonds is 1. The van der Waals surface area contributed by atoms with Crippen molar-refractivity contribution in [3.8, 4) is 0 Å². The lowest BCUT2D eigenvalue weighted by atomic mass is 10.8. The molecule has 0 aromatic heterocycles. The molecule has 0 spiro atoms. The number of nitrogens with zero attached hydrogens (tertiary/aromatic N) is 1. The van der Waals surface area contributed by atoms with Gasteiger partial charge in [0, 0.05) is 0 Å². The van der Waals surface area contributed by atoms with E-state index in [1.807, 2.05) is 6.92 Å². The molecule has 1 unspecified atom stereocenters. The van der Waals surface area contributed by atoms with Gasteiger partial charge in [0.2, 0.25) is 0 Å².